The second-order valence-corrected chi connectivity index (χ2v) is 6.38. The van der Waals surface area contributed by atoms with Gasteiger partial charge < -0.3 is 9.52 Å². The van der Waals surface area contributed by atoms with Gasteiger partial charge in [-0.1, -0.05) is 43.4 Å². The van der Waals surface area contributed by atoms with E-state index >= 15 is 0 Å². The van der Waals surface area contributed by atoms with Gasteiger partial charge in [-0.2, -0.15) is 0 Å². The van der Waals surface area contributed by atoms with Crippen molar-refractivity contribution in [1.82, 2.24) is 4.90 Å². The van der Waals surface area contributed by atoms with E-state index in [1.165, 1.54) is 5.57 Å². The van der Waals surface area contributed by atoms with Gasteiger partial charge >= 0.3 is 5.97 Å². The molecule has 0 radical (unpaired) electrons. The van der Waals surface area contributed by atoms with Crippen LogP contribution in [0.15, 0.2) is 40.9 Å². The Kier molecular flexibility index (Phi) is 6.59. The van der Waals surface area contributed by atoms with E-state index in [4.69, 9.17) is 9.52 Å². The molecule has 1 aliphatic rings. The number of carbonyl (C=O) groups is 1. The van der Waals surface area contributed by atoms with Crippen molar-refractivity contribution in [2.75, 3.05) is 19.6 Å². The number of carboxylic acid groups (broad SMARTS) is 1. The maximum atomic E-state index is 10.9. The summed E-state index contributed by atoms with van der Waals surface area (Å²) in [6.45, 7) is 12.0. The van der Waals surface area contributed by atoms with E-state index in [2.05, 4.69) is 30.6 Å². The van der Waals surface area contributed by atoms with Gasteiger partial charge in [0.25, 0.3) is 0 Å². The first kappa shape index (κ1) is 19.0. The van der Waals surface area contributed by atoms with Crippen molar-refractivity contribution >= 4 is 23.7 Å². The van der Waals surface area contributed by atoms with E-state index in [1.807, 2.05) is 32.1 Å². The van der Waals surface area contributed by atoms with Crippen LogP contribution in [0.3, 0.4) is 0 Å². The number of likely N-dealkylation sites (tertiary alicyclic amines) is 1. The van der Waals surface area contributed by atoms with E-state index in [0.29, 0.717) is 13.1 Å². The van der Waals surface area contributed by atoms with Crippen molar-refractivity contribution in [3.05, 3.63) is 52.8 Å². The lowest BCUT2D eigenvalue weighted by Crippen LogP contribution is -2.50. The van der Waals surface area contributed by atoms with Gasteiger partial charge in [0.15, 0.2) is 0 Å². The molecule has 0 atom stereocenters. The number of carboxylic acids is 1. The summed E-state index contributed by atoms with van der Waals surface area (Å²) in [5, 5.41) is 9.98. The Bertz CT molecular complexity index is 805. The highest BCUT2D eigenvalue weighted by Crippen LogP contribution is 2.19. The summed E-state index contributed by atoms with van der Waals surface area (Å²) in [6.07, 6.45) is 10.8. The van der Waals surface area contributed by atoms with Gasteiger partial charge in [0.1, 0.15) is 11.2 Å². The highest BCUT2D eigenvalue weighted by Gasteiger charge is 2.32. The Morgan fingerprint density at radius 2 is 2.16 bits per heavy atom. The van der Waals surface area contributed by atoms with E-state index in [0.717, 1.165) is 34.9 Å². The predicted octanol–water partition coefficient (Wildman–Crippen LogP) is 2.80. The smallest absolute Gasteiger partial charge is 0.309 e. The molecule has 1 saturated heterocycles. The van der Waals surface area contributed by atoms with Gasteiger partial charge in [0.05, 0.1) is 5.92 Å². The summed E-state index contributed by atoms with van der Waals surface area (Å²) in [7, 11) is 0. The molecule has 0 amide bonds. The molecule has 2 heterocycles. The number of rotatable bonds is 7. The third-order valence-electron chi connectivity index (χ3n) is 4.50. The summed E-state index contributed by atoms with van der Waals surface area (Å²) >= 11 is 0. The summed E-state index contributed by atoms with van der Waals surface area (Å²) in [6, 6.07) is 2.02. The van der Waals surface area contributed by atoms with E-state index in [1.54, 1.807) is 6.08 Å². The fraction of sp³-hybridized carbons (Fsp3) is 0.381. The Morgan fingerprint density at radius 3 is 2.72 bits per heavy atom. The molecule has 1 aromatic heterocycles. The summed E-state index contributed by atoms with van der Waals surface area (Å²) in [5.74, 6) is -0.0490. The number of furan rings is 1. The number of allylic oxidation sites excluding steroid dienone is 4. The Hall–Kier alpha value is -2.33. The summed E-state index contributed by atoms with van der Waals surface area (Å²) in [5.41, 5.74) is 3.20. The molecular formula is C21H27NO3. The first-order chi connectivity index (χ1) is 12.0. The Morgan fingerprint density at radius 1 is 1.44 bits per heavy atom. The number of hydrogen-bond donors (Lipinski definition) is 1. The van der Waals surface area contributed by atoms with Crippen LogP contribution in [0.2, 0.25) is 0 Å². The van der Waals surface area contributed by atoms with Gasteiger partial charge in [0.2, 0.25) is 0 Å². The highest BCUT2D eigenvalue weighted by atomic mass is 16.4. The highest BCUT2D eigenvalue weighted by molar-refractivity contribution is 5.71. The average molecular weight is 341 g/mol. The van der Waals surface area contributed by atoms with Crippen molar-refractivity contribution in [3.8, 4) is 0 Å². The minimum absolute atomic E-state index is 0.207. The van der Waals surface area contributed by atoms with Gasteiger partial charge in [-0.3, -0.25) is 9.69 Å². The average Bonchev–Trinajstić information content (AvgIpc) is 2.96. The van der Waals surface area contributed by atoms with Crippen LogP contribution in [0, 0.1) is 5.92 Å². The normalized spacial score (nSPS) is 18.5. The molecule has 0 aromatic carbocycles. The quantitative estimate of drug-likeness (QED) is 0.775. The Labute approximate surface area is 149 Å². The predicted molar refractivity (Wildman–Crippen MR) is 102 cm³/mol. The molecular weight excluding hydrogens is 314 g/mol. The number of aliphatic carboxylic acids is 1. The van der Waals surface area contributed by atoms with Gasteiger partial charge in [-0.05, 0) is 38.0 Å². The third kappa shape index (κ3) is 4.83. The Balaban J connectivity index is 2.10. The van der Waals surface area contributed by atoms with Crippen LogP contribution in [0.4, 0.5) is 0 Å². The van der Waals surface area contributed by atoms with Gasteiger partial charge in [0, 0.05) is 24.9 Å². The van der Waals surface area contributed by atoms with E-state index < -0.39 is 5.97 Å². The zero-order chi connectivity index (χ0) is 18.4. The fourth-order valence-electron chi connectivity index (χ4n) is 2.85. The minimum atomic E-state index is -0.692. The molecule has 134 valence electrons. The lowest BCUT2D eigenvalue weighted by atomic mass is 9.99. The summed E-state index contributed by atoms with van der Waals surface area (Å²) < 4.78 is 5.89. The van der Waals surface area contributed by atoms with Crippen molar-refractivity contribution < 1.29 is 14.3 Å². The lowest BCUT2D eigenvalue weighted by Gasteiger charge is -2.37. The van der Waals surface area contributed by atoms with E-state index in [9.17, 15) is 4.79 Å². The van der Waals surface area contributed by atoms with Crippen LogP contribution in [0.5, 0.6) is 0 Å². The largest absolute Gasteiger partial charge is 0.481 e. The van der Waals surface area contributed by atoms with Gasteiger partial charge in [-0.25, -0.2) is 0 Å². The fourth-order valence-corrected chi connectivity index (χ4v) is 2.85. The standard InChI is InChI=1S/C21H27NO3/c1-5-8-17-11-20(25-19(17)7-3)15(4)9-10-16(6-2)12-22-13-18(14-22)21(23)24/h5,7-11,18H,1,6,12-14H2,2-4H3,(H,23,24)/b15-9+,16-10+,17-8-,19-7+. The molecule has 4 nitrogen and oxygen atoms in total. The molecule has 0 unspecified atom stereocenters. The molecule has 1 N–H and O–H groups in total. The molecule has 2 rings (SSSR count). The second-order valence-electron chi connectivity index (χ2n) is 6.38. The zero-order valence-electron chi connectivity index (χ0n) is 15.3. The molecule has 1 aromatic rings. The molecule has 0 bridgehead atoms. The molecule has 1 fully saturated rings. The SMILES string of the molecule is C=C/C=c1/cc(/C(C)=C/C=C(\CC)CN2CC(C(=O)O)C2)o/c1=C/C. The maximum absolute atomic E-state index is 10.9. The van der Waals surface area contributed by atoms with Crippen LogP contribution in [-0.2, 0) is 4.79 Å². The van der Waals surface area contributed by atoms with Crippen molar-refractivity contribution in [2.45, 2.75) is 27.2 Å². The van der Waals surface area contributed by atoms with E-state index in [-0.39, 0.29) is 5.92 Å². The number of nitrogens with zero attached hydrogens (tertiary/aromatic N) is 1. The van der Waals surface area contributed by atoms with Crippen LogP contribution in [-0.4, -0.2) is 35.6 Å². The van der Waals surface area contributed by atoms with Crippen LogP contribution in [0.1, 0.15) is 33.0 Å². The molecule has 25 heavy (non-hydrogen) atoms. The maximum Gasteiger partial charge on any atom is 0.309 e. The molecule has 0 spiro atoms. The zero-order valence-corrected chi connectivity index (χ0v) is 15.3. The molecule has 0 aliphatic carbocycles. The minimum Gasteiger partial charge on any atom is -0.481 e. The van der Waals surface area contributed by atoms with Crippen LogP contribution in [0.25, 0.3) is 17.7 Å². The first-order valence-electron chi connectivity index (χ1n) is 8.69. The first-order valence-corrected chi connectivity index (χ1v) is 8.69. The monoisotopic (exact) mass is 341 g/mol. The topological polar surface area (TPSA) is 53.7 Å². The molecule has 1 aliphatic heterocycles. The van der Waals surface area contributed by atoms with Crippen LogP contribution < -0.4 is 10.6 Å². The molecule has 0 saturated carbocycles. The lowest BCUT2D eigenvalue weighted by molar-refractivity contribution is -0.147. The van der Waals surface area contributed by atoms with Gasteiger partial charge in [-0.15, -0.1) is 0 Å². The van der Waals surface area contributed by atoms with Crippen molar-refractivity contribution in [3.63, 3.8) is 0 Å². The summed E-state index contributed by atoms with van der Waals surface area (Å²) in [4.78, 5) is 13.1. The van der Waals surface area contributed by atoms with Crippen molar-refractivity contribution in [2.24, 2.45) is 5.92 Å². The van der Waals surface area contributed by atoms with Crippen molar-refractivity contribution in [1.29, 1.82) is 0 Å². The molecule has 4 heteroatoms. The second kappa shape index (κ2) is 8.67. The number of hydrogen-bond acceptors (Lipinski definition) is 3. The van der Waals surface area contributed by atoms with Crippen LogP contribution >= 0.6 is 0 Å². The third-order valence-corrected chi connectivity index (χ3v) is 4.50.